The summed E-state index contributed by atoms with van der Waals surface area (Å²) in [5, 5.41) is 6.62. The number of aromatic amines is 1. The fourth-order valence-electron chi connectivity index (χ4n) is 2.59. The van der Waals surface area contributed by atoms with E-state index in [0.29, 0.717) is 22.6 Å². The van der Waals surface area contributed by atoms with Crippen molar-refractivity contribution in [2.45, 2.75) is 19.8 Å². The lowest BCUT2D eigenvalue weighted by atomic mass is 9.98. The van der Waals surface area contributed by atoms with Crippen molar-refractivity contribution in [2.24, 2.45) is 5.84 Å². The molecule has 0 aliphatic carbocycles. The minimum atomic E-state index is -0.561. The number of hydrogen-bond acceptors (Lipinski definition) is 6. The Hall–Kier alpha value is -3.39. The molecule has 0 spiro atoms. The van der Waals surface area contributed by atoms with Gasteiger partial charge in [-0.1, -0.05) is 44.2 Å². The summed E-state index contributed by atoms with van der Waals surface area (Å²) in [6, 6.07) is 10.9. The van der Waals surface area contributed by atoms with Crippen molar-refractivity contribution in [3.05, 3.63) is 64.2 Å². The molecule has 3 rings (SSSR count). The highest BCUT2D eigenvalue weighted by Crippen LogP contribution is 2.31. The average Bonchev–Trinajstić information content (AvgIpc) is 2.67. The van der Waals surface area contributed by atoms with Crippen LogP contribution in [0, 0.1) is 0 Å². The van der Waals surface area contributed by atoms with Crippen LogP contribution in [0.4, 0.5) is 0 Å². The zero-order valence-electron chi connectivity index (χ0n) is 14.4. The first-order valence-corrected chi connectivity index (χ1v) is 8.04. The second-order valence-corrected chi connectivity index (χ2v) is 5.98. The van der Waals surface area contributed by atoms with Crippen molar-refractivity contribution in [1.82, 2.24) is 25.6 Å². The summed E-state index contributed by atoms with van der Waals surface area (Å²) >= 11 is 0. The van der Waals surface area contributed by atoms with Crippen LogP contribution in [-0.4, -0.2) is 26.1 Å². The third kappa shape index (κ3) is 3.35. The standard InChI is InChI=1S/C18H18N6O2/c1-10(2)12-8-14(25)23-24-16(12)17-15(11-6-4-3-5-7-11)20-9-13(21-17)18(26)22-19/h3-10H,19H2,1-2H3,(H,22,26)(H,23,25). The molecular weight excluding hydrogens is 332 g/mol. The quantitative estimate of drug-likeness (QED) is 0.373. The van der Waals surface area contributed by atoms with Gasteiger partial charge in [-0.15, -0.1) is 0 Å². The van der Waals surface area contributed by atoms with E-state index in [1.165, 1.54) is 12.3 Å². The number of hydrogen-bond donors (Lipinski definition) is 3. The van der Waals surface area contributed by atoms with Gasteiger partial charge in [0, 0.05) is 11.6 Å². The zero-order valence-corrected chi connectivity index (χ0v) is 14.4. The molecule has 1 amide bonds. The van der Waals surface area contributed by atoms with Crippen molar-refractivity contribution in [3.8, 4) is 22.6 Å². The van der Waals surface area contributed by atoms with E-state index in [1.54, 1.807) is 0 Å². The Kier molecular flexibility index (Phi) is 4.85. The molecule has 0 fully saturated rings. The predicted molar refractivity (Wildman–Crippen MR) is 97.1 cm³/mol. The van der Waals surface area contributed by atoms with Gasteiger partial charge in [-0.25, -0.2) is 15.9 Å². The second kappa shape index (κ2) is 7.24. The van der Waals surface area contributed by atoms with Gasteiger partial charge in [0.1, 0.15) is 17.1 Å². The molecule has 1 aromatic carbocycles. The number of nitrogens with one attached hydrogen (secondary N) is 2. The largest absolute Gasteiger partial charge is 0.289 e. The van der Waals surface area contributed by atoms with Gasteiger partial charge in [-0.3, -0.25) is 20.0 Å². The van der Waals surface area contributed by atoms with E-state index < -0.39 is 5.91 Å². The van der Waals surface area contributed by atoms with Crippen LogP contribution in [0.5, 0.6) is 0 Å². The number of H-pyrrole nitrogens is 1. The van der Waals surface area contributed by atoms with Crippen LogP contribution in [0.2, 0.25) is 0 Å². The first kappa shape index (κ1) is 17.4. The fraction of sp³-hybridized carbons (Fsp3) is 0.167. The molecule has 8 heteroatoms. The lowest BCUT2D eigenvalue weighted by molar-refractivity contribution is 0.0948. The summed E-state index contributed by atoms with van der Waals surface area (Å²) in [4.78, 5) is 32.5. The topological polar surface area (TPSA) is 127 Å². The van der Waals surface area contributed by atoms with Crippen LogP contribution in [0.15, 0.2) is 47.4 Å². The number of hydrazine groups is 1. The molecule has 2 aromatic heterocycles. The van der Waals surface area contributed by atoms with Gasteiger partial charge >= 0.3 is 0 Å². The van der Waals surface area contributed by atoms with E-state index in [9.17, 15) is 9.59 Å². The maximum absolute atomic E-state index is 11.9. The minimum Gasteiger partial charge on any atom is -0.289 e. The Labute approximate surface area is 149 Å². The molecule has 26 heavy (non-hydrogen) atoms. The van der Waals surface area contributed by atoms with Crippen molar-refractivity contribution >= 4 is 5.91 Å². The SMILES string of the molecule is CC(C)c1cc(=O)[nH]nc1-c1nc(C(=O)NN)cnc1-c1ccccc1. The molecule has 0 saturated heterocycles. The van der Waals surface area contributed by atoms with Gasteiger partial charge < -0.3 is 0 Å². The van der Waals surface area contributed by atoms with Crippen LogP contribution in [0.3, 0.4) is 0 Å². The number of nitrogens with two attached hydrogens (primary N) is 1. The van der Waals surface area contributed by atoms with Crippen LogP contribution < -0.4 is 16.8 Å². The molecule has 0 aliphatic heterocycles. The lowest BCUT2D eigenvalue weighted by Crippen LogP contribution is -2.31. The Morgan fingerprint density at radius 2 is 1.88 bits per heavy atom. The Balaban J connectivity index is 2.31. The van der Waals surface area contributed by atoms with E-state index in [-0.39, 0.29) is 17.2 Å². The van der Waals surface area contributed by atoms with Gasteiger partial charge in [0.2, 0.25) is 0 Å². The average molecular weight is 350 g/mol. The van der Waals surface area contributed by atoms with E-state index >= 15 is 0 Å². The monoisotopic (exact) mass is 350 g/mol. The maximum atomic E-state index is 11.9. The van der Waals surface area contributed by atoms with Crippen LogP contribution in [0.25, 0.3) is 22.6 Å². The third-order valence-corrected chi connectivity index (χ3v) is 3.87. The number of carbonyl (C=O) groups is 1. The highest BCUT2D eigenvalue weighted by Gasteiger charge is 2.20. The molecule has 4 N–H and O–H groups in total. The molecule has 2 heterocycles. The van der Waals surface area contributed by atoms with Crippen LogP contribution >= 0.6 is 0 Å². The van der Waals surface area contributed by atoms with Crippen molar-refractivity contribution < 1.29 is 4.79 Å². The van der Waals surface area contributed by atoms with Gasteiger partial charge in [0.15, 0.2) is 0 Å². The van der Waals surface area contributed by atoms with Crippen molar-refractivity contribution in [2.75, 3.05) is 0 Å². The second-order valence-electron chi connectivity index (χ2n) is 5.98. The molecule has 8 nitrogen and oxygen atoms in total. The van der Waals surface area contributed by atoms with Gasteiger partial charge in [0.05, 0.1) is 11.9 Å². The zero-order chi connectivity index (χ0) is 18.7. The number of amides is 1. The summed E-state index contributed by atoms with van der Waals surface area (Å²) in [6.45, 7) is 3.90. The lowest BCUT2D eigenvalue weighted by Gasteiger charge is -2.14. The number of nitrogens with zero attached hydrogens (tertiary/aromatic N) is 3. The van der Waals surface area contributed by atoms with Crippen molar-refractivity contribution in [3.63, 3.8) is 0 Å². The molecule has 0 aliphatic rings. The summed E-state index contributed by atoms with van der Waals surface area (Å²) in [5.41, 5.74) is 4.76. The third-order valence-electron chi connectivity index (χ3n) is 3.87. The Morgan fingerprint density at radius 3 is 2.54 bits per heavy atom. The summed E-state index contributed by atoms with van der Waals surface area (Å²) in [7, 11) is 0. The number of benzene rings is 1. The summed E-state index contributed by atoms with van der Waals surface area (Å²) < 4.78 is 0. The molecule has 0 unspecified atom stereocenters. The first-order valence-electron chi connectivity index (χ1n) is 8.04. The van der Waals surface area contributed by atoms with Gasteiger partial charge in [0.25, 0.3) is 11.5 Å². The molecular formula is C18H18N6O2. The fourth-order valence-corrected chi connectivity index (χ4v) is 2.59. The minimum absolute atomic E-state index is 0.0252. The maximum Gasteiger partial charge on any atom is 0.285 e. The first-order chi connectivity index (χ1) is 12.5. The van der Waals surface area contributed by atoms with E-state index in [4.69, 9.17) is 5.84 Å². The smallest absolute Gasteiger partial charge is 0.285 e. The molecule has 3 aromatic rings. The Bertz CT molecular complexity index is 998. The Morgan fingerprint density at radius 1 is 1.15 bits per heavy atom. The number of aromatic nitrogens is 4. The predicted octanol–water partition coefficient (Wildman–Crippen LogP) is 1.62. The van der Waals surface area contributed by atoms with E-state index in [0.717, 1.165) is 5.56 Å². The molecule has 0 bridgehead atoms. The molecule has 132 valence electrons. The number of rotatable bonds is 4. The number of carbonyl (C=O) groups excluding carboxylic acids is 1. The highest BCUT2D eigenvalue weighted by molar-refractivity contribution is 5.93. The number of nitrogen functional groups attached to an aromatic ring is 1. The van der Waals surface area contributed by atoms with Crippen molar-refractivity contribution in [1.29, 1.82) is 0 Å². The van der Waals surface area contributed by atoms with E-state index in [1.807, 2.05) is 49.6 Å². The summed E-state index contributed by atoms with van der Waals surface area (Å²) in [5.74, 6) is 4.67. The molecule has 0 radical (unpaired) electrons. The summed E-state index contributed by atoms with van der Waals surface area (Å²) in [6.07, 6.45) is 1.36. The normalized spacial score (nSPS) is 10.8. The van der Waals surface area contributed by atoms with Crippen LogP contribution in [0.1, 0.15) is 35.8 Å². The highest BCUT2D eigenvalue weighted by atomic mass is 16.2. The molecule has 0 saturated carbocycles. The van der Waals surface area contributed by atoms with E-state index in [2.05, 4.69) is 20.2 Å². The van der Waals surface area contributed by atoms with Gasteiger partial charge in [-0.05, 0) is 11.5 Å². The molecule has 0 atom stereocenters. The van der Waals surface area contributed by atoms with Crippen LogP contribution in [-0.2, 0) is 0 Å². The van der Waals surface area contributed by atoms with Gasteiger partial charge in [-0.2, -0.15) is 5.10 Å².